The number of carbonyl (C=O) groups is 1. The van der Waals surface area contributed by atoms with Gasteiger partial charge < -0.3 is 14.2 Å². The second-order valence-electron chi connectivity index (χ2n) is 8.07. The highest BCUT2D eigenvalue weighted by molar-refractivity contribution is 8.35. The number of benzene rings is 2. The summed E-state index contributed by atoms with van der Waals surface area (Å²) in [5.41, 5.74) is 1.59. The monoisotopic (exact) mass is 492 g/mol. The summed E-state index contributed by atoms with van der Waals surface area (Å²) < 4.78 is 16.9. The van der Waals surface area contributed by atoms with Gasteiger partial charge in [-0.05, 0) is 71.0 Å². The Morgan fingerprint density at radius 3 is 2.55 bits per heavy atom. The fourth-order valence-electron chi connectivity index (χ4n) is 3.83. The highest BCUT2D eigenvalue weighted by Crippen LogP contribution is 2.49. The van der Waals surface area contributed by atoms with Gasteiger partial charge >= 0.3 is 0 Å². The van der Waals surface area contributed by atoms with Gasteiger partial charge in [0.2, 0.25) is 5.91 Å². The summed E-state index contributed by atoms with van der Waals surface area (Å²) in [5.74, 6) is 1.28. The van der Waals surface area contributed by atoms with Crippen LogP contribution in [0.2, 0.25) is 0 Å². The van der Waals surface area contributed by atoms with Crippen molar-refractivity contribution in [2.45, 2.75) is 38.1 Å². The number of ether oxygens (including phenoxy) is 3. The number of halogens is 1. The highest BCUT2D eigenvalue weighted by Gasteiger charge is 2.33. The lowest BCUT2D eigenvalue weighted by Crippen LogP contribution is -2.35. The van der Waals surface area contributed by atoms with E-state index in [1.165, 1.54) is 0 Å². The number of fused-ring (bicyclic) bond motifs is 1. The number of anilines is 1. The van der Waals surface area contributed by atoms with E-state index in [4.69, 9.17) is 24.9 Å². The van der Waals surface area contributed by atoms with Crippen molar-refractivity contribution in [3.05, 3.63) is 48.0 Å². The normalized spacial score (nSPS) is 15.3. The molecule has 0 aliphatic carbocycles. The van der Waals surface area contributed by atoms with Crippen LogP contribution in [0, 0.1) is 0 Å². The molecule has 8 heteroatoms. The Bertz CT molecular complexity index is 1010. The van der Waals surface area contributed by atoms with E-state index in [0.29, 0.717) is 30.8 Å². The van der Waals surface area contributed by atoms with Crippen LogP contribution in [0.5, 0.6) is 11.5 Å². The van der Waals surface area contributed by atoms with Crippen molar-refractivity contribution in [3.8, 4) is 11.5 Å². The maximum Gasteiger partial charge on any atom is 0.228 e. The zero-order chi connectivity index (χ0) is 24.0. The van der Waals surface area contributed by atoms with Gasteiger partial charge in [0.1, 0.15) is 16.5 Å². The van der Waals surface area contributed by atoms with Gasteiger partial charge in [-0.2, -0.15) is 0 Å². The third kappa shape index (κ3) is 5.90. The lowest BCUT2D eigenvalue weighted by Gasteiger charge is -2.26. The van der Waals surface area contributed by atoms with Crippen molar-refractivity contribution in [2.24, 2.45) is 0 Å². The number of amides is 1. The van der Waals surface area contributed by atoms with Crippen LogP contribution in [-0.2, 0) is 9.53 Å². The molecule has 1 aliphatic rings. The van der Waals surface area contributed by atoms with Crippen molar-refractivity contribution in [3.63, 3.8) is 0 Å². The van der Waals surface area contributed by atoms with Gasteiger partial charge in [-0.15, -0.1) is 0 Å². The van der Waals surface area contributed by atoms with E-state index < -0.39 is 9.70 Å². The SMILES string of the molecule is COCCN(CCCOc1ccc(OC)cc1C1=S(Cl)c2ccccc2N1C(C)=O)C(C)C. The number of para-hydroxylation sites is 1. The third-order valence-corrected chi connectivity index (χ3v) is 7.97. The van der Waals surface area contributed by atoms with E-state index in [-0.39, 0.29) is 5.91 Å². The molecule has 0 fully saturated rings. The Kier molecular flexibility index (Phi) is 9.20. The third-order valence-electron chi connectivity index (χ3n) is 5.56. The molecule has 2 aromatic rings. The smallest absolute Gasteiger partial charge is 0.228 e. The van der Waals surface area contributed by atoms with Crippen molar-refractivity contribution < 1.29 is 19.0 Å². The molecule has 0 bridgehead atoms. The molecule has 1 heterocycles. The Morgan fingerprint density at radius 1 is 1.12 bits per heavy atom. The van der Waals surface area contributed by atoms with Gasteiger partial charge in [-0.1, -0.05) is 12.1 Å². The van der Waals surface area contributed by atoms with Crippen LogP contribution in [0.25, 0.3) is 0 Å². The predicted octanol–water partition coefficient (Wildman–Crippen LogP) is 5.15. The van der Waals surface area contributed by atoms with Crippen LogP contribution in [0.4, 0.5) is 5.69 Å². The van der Waals surface area contributed by atoms with Crippen LogP contribution in [-0.4, -0.2) is 62.4 Å². The fourth-order valence-corrected chi connectivity index (χ4v) is 6.17. The summed E-state index contributed by atoms with van der Waals surface area (Å²) in [6.07, 6.45) is 0.867. The summed E-state index contributed by atoms with van der Waals surface area (Å²) in [5, 5.41) is 0. The molecule has 1 amide bonds. The van der Waals surface area contributed by atoms with Crippen LogP contribution in [0.3, 0.4) is 0 Å². The Hall–Kier alpha value is -2.06. The van der Waals surface area contributed by atoms with Crippen LogP contribution >= 0.6 is 20.4 Å². The standard InChI is InChI=1S/C25H33ClN2O4S/c1-18(2)27(14-16-30-4)13-8-15-32-23-12-11-20(31-5)17-21(23)25-28(19(3)29)22-9-6-7-10-24(22)33(25)26/h6-7,9-12,17-18H,8,13-16H2,1-5H3. The average molecular weight is 493 g/mol. The molecular weight excluding hydrogens is 460 g/mol. The van der Waals surface area contributed by atoms with Gasteiger partial charge in [0.15, 0.2) is 0 Å². The number of rotatable bonds is 11. The van der Waals surface area contributed by atoms with E-state index >= 15 is 0 Å². The molecular formula is C25H33ClN2O4S. The molecule has 0 spiro atoms. The van der Waals surface area contributed by atoms with Crippen molar-refractivity contribution in [1.82, 2.24) is 4.90 Å². The molecule has 0 aromatic heterocycles. The number of methoxy groups -OCH3 is 2. The summed E-state index contributed by atoms with van der Waals surface area (Å²) in [6.45, 7) is 8.98. The molecule has 0 radical (unpaired) electrons. The average Bonchev–Trinajstić information content (AvgIpc) is 3.11. The maximum atomic E-state index is 12.7. The second kappa shape index (κ2) is 11.9. The summed E-state index contributed by atoms with van der Waals surface area (Å²) in [6, 6.07) is 13.8. The van der Waals surface area contributed by atoms with Crippen molar-refractivity contribution >= 4 is 37.0 Å². The minimum absolute atomic E-state index is 0.0902. The molecule has 180 valence electrons. The number of hydrogen-bond donors (Lipinski definition) is 0. The van der Waals surface area contributed by atoms with Crippen LogP contribution in [0.15, 0.2) is 47.4 Å². The first-order valence-electron chi connectivity index (χ1n) is 11.1. The minimum atomic E-state index is -0.796. The number of hydrogen-bond acceptors (Lipinski definition) is 5. The first kappa shape index (κ1) is 25.6. The van der Waals surface area contributed by atoms with Gasteiger partial charge in [-0.3, -0.25) is 14.6 Å². The lowest BCUT2D eigenvalue weighted by atomic mass is 10.1. The molecule has 0 N–H and O–H groups in total. The quantitative estimate of drug-likeness (QED) is 0.321. The van der Waals surface area contributed by atoms with E-state index in [9.17, 15) is 4.79 Å². The van der Waals surface area contributed by atoms with E-state index in [0.717, 1.165) is 40.6 Å². The summed E-state index contributed by atoms with van der Waals surface area (Å²) in [4.78, 5) is 18.4. The van der Waals surface area contributed by atoms with Crippen molar-refractivity contribution in [1.29, 1.82) is 0 Å². The molecule has 1 aliphatic heterocycles. The van der Waals surface area contributed by atoms with E-state index in [1.807, 2.05) is 42.5 Å². The van der Waals surface area contributed by atoms with E-state index in [2.05, 4.69) is 18.7 Å². The van der Waals surface area contributed by atoms with Gasteiger partial charge in [-0.25, -0.2) is 0 Å². The Morgan fingerprint density at radius 2 is 1.88 bits per heavy atom. The number of carbonyl (C=O) groups excluding carboxylic acids is 1. The van der Waals surface area contributed by atoms with Gasteiger partial charge in [0.25, 0.3) is 0 Å². The fraction of sp³-hybridized carbons (Fsp3) is 0.440. The largest absolute Gasteiger partial charge is 0.497 e. The maximum absolute atomic E-state index is 12.7. The van der Waals surface area contributed by atoms with Crippen molar-refractivity contribution in [2.75, 3.05) is 45.4 Å². The number of nitrogens with zero attached hydrogens (tertiary/aromatic N) is 2. The molecule has 3 rings (SSSR count). The van der Waals surface area contributed by atoms with Gasteiger partial charge in [0, 0.05) is 38.1 Å². The van der Waals surface area contributed by atoms with Crippen LogP contribution < -0.4 is 14.4 Å². The minimum Gasteiger partial charge on any atom is -0.497 e. The van der Waals surface area contributed by atoms with E-state index in [1.54, 1.807) is 26.0 Å². The second-order valence-corrected chi connectivity index (χ2v) is 10.3. The summed E-state index contributed by atoms with van der Waals surface area (Å²) >= 11 is 0. The lowest BCUT2D eigenvalue weighted by molar-refractivity contribution is -0.115. The Balaban J connectivity index is 1.85. The first-order chi connectivity index (χ1) is 15.9. The molecule has 0 saturated heterocycles. The molecule has 0 saturated carbocycles. The first-order valence-corrected chi connectivity index (χ1v) is 13.2. The van der Waals surface area contributed by atoms with Crippen LogP contribution in [0.1, 0.15) is 32.8 Å². The predicted molar refractivity (Wildman–Crippen MR) is 137 cm³/mol. The molecule has 33 heavy (non-hydrogen) atoms. The molecule has 1 atom stereocenters. The zero-order valence-corrected chi connectivity index (χ0v) is 21.5. The summed E-state index contributed by atoms with van der Waals surface area (Å²) in [7, 11) is 9.47. The van der Waals surface area contributed by atoms with Gasteiger partial charge in [0.05, 0.1) is 31.6 Å². The topological polar surface area (TPSA) is 51.2 Å². The zero-order valence-electron chi connectivity index (χ0n) is 20.0. The molecule has 6 nitrogen and oxygen atoms in total. The Labute approximate surface area is 203 Å². The molecule has 2 aromatic carbocycles. The molecule has 1 unspecified atom stereocenters. The highest BCUT2D eigenvalue weighted by atomic mass is 35.7.